The van der Waals surface area contributed by atoms with Gasteiger partial charge in [0.1, 0.15) is 23.6 Å². The molecule has 1 aliphatic heterocycles. The molecule has 1 unspecified atom stereocenters. The van der Waals surface area contributed by atoms with Crippen molar-refractivity contribution in [3.05, 3.63) is 36.4 Å². The highest BCUT2D eigenvalue weighted by molar-refractivity contribution is 5.69. The van der Waals surface area contributed by atoms with E-state index in [4.69, 9.17) is 14.2 Å². The van der Waals surface area contributed by atoms with Gasteiger partial charge in [0.25, 0.3) is 0 Å². The molecule has 0 saturated carbocycles. The van der Waals surface area contributed by atoms with Crippen molar-refractivity contribution >= 4 is 11.7 Å². The van der Waals surface area contributed by atoms with Crippen LogP contribution in [0.3, 0.4) is 0 Å². The largest absolute Gasteiger partial charge is 0.509 e. The summed E-state index contributed by atoms with van der Waals surface area (Å²) >= 11 is 0. The van der Waals surface area contributed by atoms with E-state index >= 15 is 0 Å². The maximum absolute atomic E-state index is 11.8. The summed E-state index contributed by atoms with van der Waals surface area (Å²) in [5.41, 5.74) is 0.964. The Bertz CT molecular complexity index is 590. The van der Waals surface area contributed by atoms with Crippen LogP contribution < -0.4 is 10.1 Å². The van der Waals surface area contributed by atoms with E-state index in [0.717, 1.165) is 16.9 Å². The van der Waals surface area contributed by atoms with E-state index in [1.165, 1.54) is 0 Å². The highest BCUT2D eigenvalue weighted by atomic mass is 16.7. The molecule has 1 heterocycles. The van der Waals surface area contributed by atoms with Crippen molar-refractivity contribution in [2.75, 3.05) is 13.7 Å². The summed E-state index contributed by atoms with van der Waals surface area (Å²) in [7, 11) is 1.60. The van der Waals surface area contributed by atoms with Gasteiger partial charge >= 0.3 is 6.16 Å². The summed E-state index contributed by atoms with van der Waals surface area (Å²) in [6.07, 6.45) is -2.36. The Labute approximate surface area is 142 Å². The number of carbonyl (C=O) groups excluding carboxylic acids is 1. The van der Waals surface area contributed by atoms with Crippen LogP contribution in [0, 0.1) is 0 Å². The van der Waals surface area contributed by atoms with Crippen LogP contribution in [0.5, 0.6) is 5.75 Å². The number of benzene rings is 1. The van der Waals surface area contributed by atoms with Gasteiger partial charge in [0, 0.05) is 6.54 Å². The molecule has 6 heteroatoms. The number of aliphatic hydroxyl groups is 1. The average Bonchev–Trinajstić information content (AvgIpc) is 2.86. The molecule has 0 aliphatic carbocycles. The van der Waals surface area contributed by atoms with E-state index in [1.807, 2.05) is 24.3 Å². The number of rotatable bonds is 4. The Morgan fingerprint density at radius 3 is 2.46 bits per heavy atom. The average molecular weight is 335 g/mol. The molecule has 1 saturated heterocycles. The predicted octanol–water partition coefficient (Wildman–Crippen LogP) is 2.36. The minimum absolute atomic E-state index is 0.334. The Kier molecular flexibility index (Phi) is 5.51. The first-order chi connectivity index (χ1) is 11.2. The maximum atomic E-state index is 11.8. The molecular weight excluding hydrogens is 310 g/mol. The van der Waals surface area contributed by atoms with Gasteiger partial charge in [0.05, 0.1) is 13.2 Å². The minimum Gasteiger partial charge on any atom is -0.497 e. The monoisotopic (exact) mass is 335 g/mol. The van der Waals surface area contributed by atoms with Crippen LogP contribution in [-0.2, 0) is 9.47 Å². The van der Waals surface area contributed by atoms with Gasteiger partial charge in [0.15, 0.2) is 0 Å². The molecule has 0 radical (unpaired) electrons. The van der Waals surface area contributed by atoms with Crippen molar-refractivity contribution in [3.8, 4) is 5.75 Å². The number of ether oxygens (including phenoxy) is 3. The van der Waals surface area contributed by atoms with Gasteiger partial charge in [-0.05, 0) is 44.0 Å². The molecule has 0 spiro atoms. The van der Waals surface area contributed by atoms with Gasteiger partial charge in [-0.15, -0.1) is 0 Å². The Balaban J connectivity index is 1.98. The quantitative estimate of drug-likeness (QED) is 0.823. The number of hydrogen-bond acceptors (Lipinski definition) is 6. The summed E-state index contributed by atoms with van der Waals surface area (Å²) < 4.78 is 15.5. The third-order valence-corrected chi connectivity index (χ3v) is 3.73. The fourth-order valence-corrected chi connectivity index (χ4v) is 2.52. The summed E-state index contributed by atoms with van der Waals surface area (Å²) in [5, 5.41) is 13.6. The SMILES string of the molecule is C=C(c1ccc(OC)cc1)[C@H]1NC[C@H](OC(=O)OC(C)(C)C)C1O. The first kappa shape index (κ1) is 18.3. The van der Waals surface area contributed by atoms with Crippen molar-refractivity contribution in [1.82, 2.24) is 5.32 Å². The first-order valence-corrected chi connectivity index (χ1v) is 7.85. The summed E-state index contributed by atoms with van der Waals surface area (Å²) in [6.45, 7) is 9.65. The molecule has 24 heavy (non-hydrogen) atoms. The van der Waals surface area contributed by atoms with E-state index in [9.17, 15) is 9.90 Å². The van der Waals surface area contributed by atoms with Crippen LogP contribution in [0.2, 0.25) is 0 Å². The highest BCUT2D eigenvalue weighted by Gasteiger charge is 2.39. The number of carbonyl (C=O) groups is 1. The second kappa shape index (κ2) is 7.23. The molecule has 6 nitrogen and oxygen atoms in total. The highest BCUT2D eigenvalue weighted by Crippen LogP contribution is 2.26. The lowest BCUT2D eigenvalue weighted by molar-refractivity contribution is -0.0468. The van der Waals surface area contributed by atoms with E-state index in [2.05, 4.69) is 11.9 Å². The topological polar surface area (TPSA) is 77.0 Å². The third-order valence-electron chi connectivity index (χ3n) is 3.73. The Morgan fingerprint density at radius 2 is 1.92 bits per heavy atom. The fourth-order valence-electron chi connectivity index (χ4n) is 2.52. The molecule has 132 valence electrons. The first-order valence-electron chi connectivity index (χ1n) is 7.85. The predicted molar refractivity (Wildman–Crippen MR) is 90.9 cm³/mol. The van der Waals surface area contributed by atoms with Crippen LogP contribution in [0.15, 0.2) is 30.8 Å². The van der Waals surface area contributed by atoms with Gasteiger partial charge in [-0.25, -0.2) is 4.79 Å². The van der Waals surface area contributed by atoms with E-state index in [0.29, 0.717) is 6.54 Å². The van der Waals surface area contributed by atoms with Crippen molar-refractivity contribution in [3.63, 3.8) is 0 Å². The van der Waals surface area contributed by atoms with Crippen LogP contribution in [0.1, 0.15) is 26.3 Å². The van der Waals surface area contributed by atoms with E-state index < -0.39 is 30.0 Å². The lowest BCUT2D eigenvalue weighted by atomic mass is 9.96. The van der Waals surface area contributed by atoms with Crippen molar-refractivity contribution in [2.24, 2.45) is 0 Å². The van der Waals surface area contributed by atoms with Gasteiger partial charge < -0.3 is 24.6 Å². The summed E-state index contributed by atoms with van der Waals surface area (Å²) in [6, 6.07) is 7.01. The molecule has 0 aromatic heterocycles. The molecule has 0 bridgehead atoms. The number of hydrogen-bond donors (Lipinski definition) is 2. The molecule has 1 aromatic carbocycles. The standard InChI is InChI=1S/C18H25NO5/c1-11(12-6-8-13(22-5)9-7-12)15-16(20)14(10-19-15)23-17(21)24-18(2,3)4/h6-9,14-16,19-20H,1,10H2,2-5H3/t14-,15+,16?/m0/s1. The number of aliphatic hydroxyl groups excluding tert-OH is 1. The molecule has 1 aliphatic rings. The van der Waals surface area contributed by atoms with Crippen molar-refractivity contribution in [2.45, 2.75) is 44.6 Å². The van der Waals surface area contributed by atoms with E-state index in [-0.39, 0.29) is 0 Å². The maximum Gasteiger partial charge on any atom is 0.509 e. The number of methoxy groups -OCH3 is 1. The number of nitrogens with one attached hydrogen (secondary N) is 1. The van der Waals surface area contributed by atoms with Crippen LogP contribution in [0.4, 0.5) is 4.79 Å². The normalized spacial score (nSPS) is 23.6. The van der Waals surface area contributed by atoms with Gasteiger partial charge in [-0.3, -0.25) is 0 Å². The zero-order valence-corrected chi connectivity index (χ0v) is 14.5. The van der Waals surface area contributed by atoms with Crippen molar-refractivity contribution < 1.29 is 24.1 Å². The Hall–Kier alpha value is -2.05. The van der Waals surface area contributed by atoms with Crippen LogP contribution >= 0.6 is 0 Å². The molecular formula is C18H25NO5. The Morgan fingerprint density at radius 1 is 1.29 bits per heavy atom. The second-order valence-electron chi connectivity index (χ2n) is 6.75. The fraction of sp³-hybridized carbons (Fsp3) is 0.500. The van der Waals surface area contributed by atoms with Crippen LogP contribution in [-0.4, -0.2) is 48.8 Å². The molecule has 3 atom stereocenters. The lowest BCUT2D eigenvalue weighted by Gasteiger charge is -2.23. The molecule has 2 N–H and O–H groups in total. The smallest absolute Gasteiger partial charge is 0.497 e. The minimum atomic E-state index is -0.896. The molecule has 1 fully saturated rings. The second-order valence-corrected chi connectivity index (χ2v) is 6.75. The zero-order chi connectivity index (χ0) is 17.9. The zero-order valence-electron chi connectivity index (χ0n) is 14.5. The molecule has 0 amide bonds. The lowest BCUT2D eigenvalue weighted by Crippen LogP contribution is -2.37. The summed E-state index contributed by atoms with van der Waals surface area (Å²) in [4.78, 5) is 11.8. The van der Waals surface area contributed by atoms with Gasteiger partial charge in [-0.2, -0.15) is 0 Å². The van der Waals surface area contributed by atoms with Gasteiger partial charge in [0.2, 0.25) is 0 Å². The molecule has 1 aromatic rings. The van der Waals surface area contributed by atoms with Crippen LogP contribution in [0.25, 0.3) is 5.57 Å². The third kappa shape index (κ3) is 4.49. The van der Waals surface area contributed by atoms with Gasteiger partial charge in [-0.1, -0.05) is 18.7 Å². The van der Waals surface area contributed by atoms with E-state index in [1.54, 1.807) is 27.9 Å². The molecule has 2 rings (SSSR count). The summed E-state index contributed by atoms with van der Waals surface area (Å²) in [5.74, 6) is 0.748. The van der Waals surface area contributed by atoms with Crippen molar-refractivity contribution in [1.29, 1.82) is 0 Å².